The predicted octanol–water partition coefficient (Wildman–Crippen LogP) is 9.44. The molecule has 0 saturated carbocycles. The van der Waals surface area contributed by atoms with Crippen LogP contribution in [0.2, 0.25) is 0 Å². The molecule has 0 saturated heterocycles. The number of rotatable bonds is 9. The van der Waals surface area contributed by atoms with Crippen LogP contribution >= 0.6 is 0 Å². The van der Waals surface area contributed by atoms with Gasteiger partial charge in [0.15, 0.2) is 23.2 Å². The summed E-state index contributed by atoms with van der Waals surface area (Å²) in [5, 5.41) is 0. The molecule has 0 radical (unpaired) electrons. The number of hydrogen-bond donors (Lipinski definition) is 0. The van der Waals surface area contributed by atoms with Crippen molar-refractivity contribution in [3.05, 3.63) is 95.1 Å². The second-order valence-electron chi connectivity index (χ2n) is 9.50. The van der Waals surface area contributed by atoms with Crippen LogP contribution in [0.15, 0.2) is 55.1 Å². The van der Waals surface area contributed by atoms with Gasteiger partial charge in [0.2, 0.25) is 5.82 Å². The van der Waals surface area contributed by atoms with Gasteiger partial charge < -0.3 is 4.74 Å². The summed E-state index contributed by atoms with van der Waals surface area (Å²) in [4.78, 5) is 0. The summed E-state index contributed by atoms with van der Waals surface area (Å²) >= 11 is 0. The second-order valence-corrected chi connectivity index (χ2v) is 9.50. The minimum Gasteiger partial charge on any atom is -0.490 e. The van der Waals surface area contributed by atoms with Gasteiger partial charge in [-0.05, 0) is 73.3 Å². The summed E-state index contributed by atoms with van der Waals surface area (Å²) in [6.45, 7) is 5.95. The van der Waals surface area contributed by atoms with Crippen LogP contribution in [0.4, 0.5) is 17.6 Å². The minimum atomic E-state index is -1.03. The second kappa shape index (κ2) is 11.8. The number of hydrogen-bond acceptors (Lipinski definition) is 1. The van der Waals surface area contributed by atoms with Gasteiger partial charge >= 0.3 is 0 Å². The third kappa shape index (κ3) is 5.50. The molecule has 0 aliphatic heterocycles. The van der Waals surface area contributed by atoms with Gasteiger partial charge in [0, 0.05) is 16.7 Å². The van der Waals surface area contributed by atoms with E-state index < -0.39 is 23.3 Å². The van der Waals surface area contributed by atoms with Crippen LogP contribution in [0.5, 0.6) is 5.75 Å². The summed E-state index contributed by atoms with van der Waals surface area (Å²) in [6.07, 6.45) is 13.3. The first kappa shape index (κ1) is 26.0. The molecule has 2 aromatic carbocycles. The zero-order chi connectivity index (χ0) is 25.7. The summed E-state index contributed by atoms with van der Waals surface area (Å²) in [6, 6.07) is 6.20. The maximum atomic E-state index is 15.1. The topological polar surface area (TPSA) is 9.23 Å². The van der Waals surface area contributed by atoms with Gasteiger partial charge in [-0.25, -0.2) is 13.2 Å². The maximum absolute atomic E-state index is 15.1. The highest BCUT2D eigenvalue weighted by Crippen LogP contribution is 2.38. The Hall–Kier alpha value is -3.08. The SMILES string of the molecule is C=CCCOc1ccc(C2=CC=C(c3ccc(C4=CCC(CCC)CC4)c(F)c3F)CC2)c(F)c1F. The summed E-state index contributed by atoms with van der Waals surface area (Å²) < 4.78 is 64.7. The van der Waals surface area contributed by atoms with E-state index in [-0.39, 0.29) is 23.5 Å². The van der Waals surface area contributed by atoms with E-state index in [1.807, 2.05) is 0 Å². The lowest BCUT2D eigenvalue weighted by atomic mass is 9.83. The molecular formula is C31H32F4O. The van der Waals surface area contributed by atoms with Gasteiger partial charge in [-0.15, -0.1) is 6.58 Å². The van der Waals surface area contributed by atoms with Crippen molar-refractivity contribution in [2.45, 2.75) is 58.3 Å². The third-order valence-corrected chi connectivity index (χ3v) is 7.11. The lowest BCUT2D eigenvalue weighted by Gasteiger charge is -2.22. The normalized spacial score (nSPS) is 17.8. The van der Waals surface area contributed by atoms with Crippen molar-refractivity contribution in [2.24, 2.45) is 5.92 Å². The van der Waals surface area contributed by atoms with Crippen LogP contribution in [0, 0.1) is 29.2 Å². The molecule has 1 unspecified atom stereocenters. The van der Waals surface area contributed by atoms with Gasteiger partial charge in [-0.3, -0.25) is 0 Å². The first-order valence-corrected chi connectivity index (χ1v) is 12.7. The molecular weight excluding hydrogens is 464 g/mol. The Kier molecular flexibility index (Phi) is 8.50. The molecule has 0 aromatic heterocycles. The van der Waals surface area contributed by atoms with E-state index in [1.165, 1.54) is 12.1 Å². The lowest BCUT2D eigenvalue weighted by Crippen LogP contribution is -2.07. The zero-order valence-corrected chi connectivity index (χ0v) is 20.7. The Morgan fingerprint density at radius 1 is 0.833 bits per heavy atom. The molecule has 0 heterocycles. The van der Waals surface area contributed by atoms with Crippen molar-refractivity contribution in [2.75, 3.05) is 6.61 Å². The highest BCUT2D eigenvalue weighted by molar-refractivity contribution is 5.79. The predicted molar refractivity (Wildman–Crippen MR) is 138 cm³/mol. The van der Waals surface area contributed by atoms with Crippen LogP contribution < -0.4 is 4.74 Å². The Morgan fingerprint density at radius 3 is 1.94 bits per heavy atom. The Labute approximate surface area is 210 Å². The fourth-order valence-electron chi connectivity index (χ4n) is 5.08. The van der Waals surface area contributed by atoms with Gasteiger partial charge in [0.05, 0.1) is 6.61 Å². The standard InChI is InChI=1S/C31H32F4O/c1-3-5-19-36-27-18-17-26(30(34)31(27)35)23-13-11-22(12-14-23)25-16-15-24(28(32)29(25)33)21-9-7-20(6-4-2)8-10-21/h3,9,11,13,15-18,20H,1,4-8,10,12,14,19H2,2H3. The molecule has 0 fully saturated rings. The first-order valence-electron chi connectivity index (χ1n) is 12.7. The number of halogens is 4. The molecule has 190 valence electrons. The average Bonchev–Trinajstić information content (AvgIpc) is 2.89. The quantitative estimate of drug-likeness (QED) is 0.191. The van der Waals surface area contributed by atoms with E-state index in [4.69, 9.17) is 4.74 Å². The first-order chi connectivity index (χ1) is 17.4. The van der Waals surface area contributed by atoms with E-state index >= 15 is 8.78 Å². The fraction of sp³-hybridized carbons (Fsp3) is 0.355. The van der Waals surface area contributed by atoms with Crippen LogP contribution in [-0.2, 0) is 0 Å². The molecule has 0 amide bonds. The van der Waals surface area contributed by atoms with Crippen molar-refractivity contribution in [1.82, 2.24) is 0 Å². The lowest BCUT2D eigenvalue weighted by molar-refractivity contribution is 0.301. The summed E-state index contributed by atoms with van der Waals surface area (Å²) in [5.41, 5.74) is 2.80. The van der Waals surface area contributed by atoms with Crippen LogP contribution in [0.1, 0.15) is 75.0 Å². The van der Waals surface area contributed by atoms with Gasteiger partial charge in [-0.1, -0.05) is 56.2 Å². The Morgan fingerprint density at radius 2 is 1.42 bits per heavy atom. The molecule has 1 nitrogen and oxygen atoms in total. The smallest absolute Gasteiger partial charge is 0.201 e. The maximum Gasteiger partial charge on any atom is 0.201 e. The molecule has 36 heavy (non-hydrogen) atoms. The van der Waals surface area contributed by atoms with E-state index in [0.717, 1.165) is 37.7 Å². The van der Waals surface area contributed by atoms with Gasteiger partial charge in [0.25, 0.3) is 0 Å². The van der Waals surface area contributed by atoms with E-state index in [0.29, 0.717) is 41.9 Å². The number of allylic oxidation sites excluding steroid dienone is 6. The van der Waals surface area contributed by atoms with Crippen molar-refractivity contribution in [3.8, 4) is 5.75 Å². The summed E-state index contributed by atoms with van der Waals surface area (Å²) in [5.74, 6) is -3.20. The molecule has 4 rings (SSSR count). The van der Waals surface area contributed by atoms with Crippen molar-refractivity contribution >= 4 is 16.7 Å². The molecule has 2 aliphatic rings. The largest absolute Gasteiger partial charge is 0.490 e. The molecule has 5 heteroatoms. The van der Waals surface area contributed by atoms with Crippen molar-refractivity contribution < 1.29 is 22.3 Å². The van der Waals surface area contributed by atoms with Crippen LogP contribution in [-0.4, -0.2) is 6.61 Å². The molecule has 2 aromatic rings. The molecule has 1 atom stereocenters. The van der Waals surface area contributed by atoms with Gasteiger partial charge in [0.1, 0.15) is 0 Å². The van der Waals surface area contributed by atoms with E-state index in [9.17, 15) is 8.78 Å². The van der Waals surface area contributed by atoms with Crippen molar-refractivity contribution in [3.63, 3.8) is 0 Å². The molecule has 0 bridgehead atoms. The number of benzene rings is 2. The molecule has 2 aliphatic carbocycles. The molecule has 0 N–H and O–H groups in total. The third-order valence-electron chi connectivity index (χ3n) is 7.11. The Bertz CT molecular complexity index is 1220. The molecule has 0 spiro atoms. The number of ether oxygens (including phenoxy) is 1. The van der Waals surface area contributed by atoms with Crippen molar-refractivity contribution in [1.29, 1.82) is 0 Å². The highest BCUT2D eigenvalue weighted by Gasteiger charge is 2.23. The van der Waals surface area contributed by atoms with Crippen LogP contribution in [0.25, 0.3) is 16.7 Å². The monoisotopic (exact) mass is 496 g/mol. The zero-order valence-electron chi connectivity index (χ0n) is 20.7. The fourth-order valence-corrected chi connectivity index (χ4v) is 5.08. The highest BCUT2D eigenvalue weighted by atomic mass is 19.2. The van der Waals surface area contributed by atoms with E-state index in [2.05, 4.69) is 19.6 Å². The summed E-state index contributed by atoms with van der Waals surface area (Å²) in [7, 11) is 0. The van der Waals surface area contributed by atoms with Crippen LogP contribution in [0.3, 0.4) is 0 Å². The minimum absolute atomic E-state index is 0.141. The van der Waals surface area contributed by atoms with Gasteiger partial charge in [-0.2, -0.15) is 4.39 Å². The average molecular weight is 497 g/mol. The van der Waals surface area contributed by atoms with E-state index in [1.54, 1.807) is 30.4 Å². The Balaban J connectivity index is 1.54.